The zero-order chi connectivity index (χ0) is 19.5. The van der Waals surface area contributed by atoms with Crippen LogP contribution in [-0.4, -0.2) is 55.1 Å². The molecule has 148 valence electrons. The summed E-state index contributed by atoms with van der Waals surface area (Å²) in [7, 11) is 0. The van der Waals surface area contributed by atoms with E-state index in [-0.39, 0.29) is 5.91 Å². The maximum absolute atomic E-state index is 12.9. The van der Waals surface area contributed by atoms with Crippen LogP contribution in [0.1, 0.15) is 35.7 Å². The molecular formula is C23H30N4O. The van der Waals surface area contributed by atoms with Crippen molar-refractivity contribution in [3.63, 3.8) is 0 Å². The summed E-state index contributed by atoms with van der Waals surface area (Å²) in [6, 6.07) is 12.5. The molecule has 1 amide bonds. The van der Waals surface area contributed by atoms with Crippen molar-refractivity contribution in [3.8, 4) is 0 Å². The molecule has 0 unspecified atom stereocenters. The van der Waals surface area contributed by atoms with E-state index in [0.717, 1.165) is 69.4 Å². The Balaban J connectivity index is 1.40. The van der Waals surface area contributed by atoms with Crippen molar-refractivity contribution in [1.29, 1.82) is 0 Å². The number of anilines is 2. The van der Waals surface area contributed by atoms with E-state index < -0.39 is 0 Å². The van der Waals surface area contributed by atoms with Crippen molar-refractivity contribution in [2.75, 3.05) is 49.1 Å². The minimum atomic E-state index is 0.147. The van der Waals surface area contributed by atoms with Crippen molar-refractivity contribution < 1.29 is 4.79 Å². The first-order chi connectivity index (χ1) is 13.6. The third kappa shape index (κ3) is 4.13. The second-order valence-electron chi connectivity index (χ2n) is 8.19. The number of hydrogen-bond donors (Lipinski definition) is 0. The number of aryl methyl sites for hydroxylation is 1. The first-order valence-electron chi connectivity index (χ1n) is 10.4. The summed E-state index contributed by atoms with van der Waals surface area (Å²) < 4.78 is 0. The Kier molecular flexibility index (Phi) is 5.51. The van der Waals surface area contributed by atoms with Crippen LogP contribution in [0.5, 0.6) is 0 Å². The molecule has 2 saturated heterocycles. The molecule has 3 heterocycles. The molecule has 2 aliphatic rings. The van der Waals surface area contributed by atoms with E-state index in [4.69, 9.17) is 0 Å². The fourth-order valence-corrected chi connectivity index (χ4v) is 4.14. The number of amides is 1. The van der Waals surface area contributed by atoms with Gasteiger partial charge in [-0.1, -0.05) is 19.1 Å². The Morgan fingerprint density at radius 1 is 0.964 bits per heavy atom. The van der Waals surface area contributed by atoms with E-state index >= 15 is 0 Å². The van der Waals surface area contributed by atoms with Gasteiger partial charge in [0.1, 0.15) is 5.82 Å². The van der Waals surface area contributed by atoms with E-state index in [1.807, 2.05) is 17.0 Å². The second-order valence-corrected chi connectivity index (χ2v) is 8.19. The molecule has 4 rings (SSSR count). The van der Waals surface area contributed by atoms with Crippen LogP contribution in [0.25, 0.3) is 0 Å². The van der Waals surface area contributed by atoms with Gasteiger partial charge in [-0.25, -0.2) is 4.98 Å². The molecule has 0 radical (unpaired) electrons. The van der Waals surface area contributed by atoms with E-state index in [0.29, 0.717) is 0 Å². The van der Waals surface area contributed by atoms with Gasteiger partial charge in [-0.15, -0.1) is 0 Å². The average Bonchev–Trinajstić information content (AvgIpc) is 2.74. The van der Waals surface area contributed by atoms with Gasteiger partial charge in [0.2, 0.25) is 0 Å². The quantitative estimate of drug-likeness (QED) is 0.818. The second kappa shape index (κ2) is 8.21. The van der Waals surface area contributed by atoms with Gasteiger partial charge in [0.25, 0.3) is 5.91 Å². The molecule has 1 aromatic heterocycles. The number of carbonyl (C=O) groups is 1. The first kappa shape index (κ1) is 18.8. The van der Waals surface area contributed by atoms with Gasteiger partial charge < -0.3 is 14.7 Å². The van der Waals surface area contributed by atoms with Crippen LogP contribution in [0, 0.1) is 12.8 Å². The number of nitrogens with zero attached hydrogens (tertiary/aromatic N) is 4. The van der Waals surface area contributed by atoms with Crippen LogP contribution in [-0.2, 0) is 0 Å². The summed E-state index contributed by atoms with van der Waals surface area (Å²) in [5, 5.41) is 0. The number of aromatic nitrogens is 1. The Morgan fingerprint density at radius 2 is 1.68 bits per heavy atom. The van der Waals surface area contributed by atoms with Gasteiger partial charge in [0, 0.05) is 56.7 Å². The zero-order valence-corrected chi connectivity index (χ0v) is 17.0. The normalized spacial score (nSPS) is 18.4. The van der Waals surface area contributed by atoms with Crippen LogP contribution in [0.2, 0.25) is 0 Å². The Hall–Kier alpha value is -2.56. The van der Waals surface area contributed by atoms with Crippen LogP contribution in [0.15, 0.2) is 42.6 Å². The highest BCUT2D eigenvalue weighted by Crippen LogP contribution is 2.22. The predicted molar refractivity (Wildman–Crippen MR) is 114 cm³/mol. The number of benzene rings is 1. The summed E-state index contributed by atoms with van der Waals surface area (Å²) in [6.07, 6.45) is 3.98. The summed E-state index contributed by atoms with van der Waals surface area (Å²) in [4.78, 5) is 24.1. The molecule has 2 fully saturated rings. The van der Waals surface area contributed by atoms with E-state index in [1.165, 1.54) is 11.3 Å². The Labute approximate surface area is 168 Å². The van der Waals surface area contributed by atoms with E-state index in [9.17, 15) is 4.79 Å². The molecule has 28 heavy (non-hydrogen) atoms. The van der Waals surface area contributed by atoms with Gasteiger partial charge in [-0.05, 0) is 55.5 Å². The molecular weight excluding hydrogens is 348 g/mol. The number of piperazine rings is 1. The zero-order valence-electron chi connectivity index (χ0n) is 17.0. The lowest BCUT2D eigenvalue weighted by atomic mass is 9.99. The summed E-state index contributed by atoms with van der Waals surface area (Å²) in [5.74, 6) is 1.79. The van der Waals surface area contributed by atoms with Crippen LogP contribution < -0.4 is 9.80 Å². The molecule has 0 spiro atoms. The van der Waals surface area contributed by atoms with E-state index in [2.05, 4.69) is 52.9 Å². The number of pyridine rings is 1. The van der Waals surface area contributed by atoms with Gasteiger partial charge in [-0.2, -0.15) is 0 Å². The third-order valence-electron chi connectivity index (χ3n) is 6.03. The topological polar surface area (TPSA) is 39.7 Å². The highest BCUT2D eigenvalue weighted by molar-refractivity contribution is 5.95. The molecule has 5 nitrogen and oxygen atoms in total. The standard InChI is InChI=1S/C23H30N4O/c1-18-7-10-27(11-8-18)23(28)20-6-9-24-22(17-20)26-14-12-25(13-15-26)21-5-3-4-19(2)16-21/h3-6,9,16-18H,7-8,10-15H2,1-2H3. The van der Waals surface area contributed by atoms with Crippen molar-refractivity contribution in [2.45, 2.75) is 26.7 Å². The predicted octanol–water partition coefficient (Wildman–Crippen LogP) is 3.59. The largest absolute Gasteiger partial charge is 0.368 e. The molecule has 0 saturated carbocycles. The van der Waals surface area contributed by atoms with Gasteiger partial charge >= 0.3 is 0 Å². The molecule has 2 aromatic rings. The fourth-order valence-electron chi connectivity index (χ4n) is 4.14. The fraction of sp³-hybridized carbons (Fsp3) is 0.478. The van der Waals surface area contributed by atoms with Gasteiger partial charge in [0.15, 0.2) is 0 Å². The van der Waals surface area contributed by atoms with Gasteiger partial charge in [0.05, 0.1) is 0 Å². The average molecular weight is 379 g/mol. The highest BCUT2D eigenvalue weighted by atomic mass is 16.2. The maximum atomic E-state index is 12.9. The summed E-state index contributed by atoms with van der Waals surface area (Å²) in [5.41, 5.74) is 3.34. The smallest absolute Gasteiger partial charge is 0.254 e. The Morgan fingerprint density at radius 3 is 2.39 bits per heavy atom. The molecule has 0 bridgehead atoms. The summed E-state index contributed by atoms with van der Waals surface area (Å²) >= 11 is 0. The van der Waals surface area contributed by atoms with Crippen molar-refractivity contribution >= 4 is 17.4 Å². The molecule has 0 aliphatic carbocycles. The van der Waals surface area contributed by atoms with Crippen LogP contribution in [0.4, 0.5) is 11.5 Å². The lowest BCUT2D eigenvalue weighted by Gasteiger charge is -2.37. The Bertz CT molecular complexity index is 821. The molecule has 0 N–H and O–H groups in total. The van der Waals surface area contributed by atoms with Gasteiger partial charge in [-0.3, -0.25) is 4.79 Å². The van der Waals surface area contributed by atoms with Crippen LogP contribution >= 0.6 is 0 Å². The lowest BCUT2D eigenvalue weighted by molar-refractivity contribution is 0.0697. The van der Waals surface area contributed by atoms with Crippen LogP contribution in [0.3, 0.4) is 0 Å². The number of piperidine rings is 1. The number of likely N-dealkylation sites (tertiary alicyclic amines) is 1. The molecule has 2 aliphatic heterocycles. The van der Waals surface area contributed by atoms with E-state index in [1.54, 1.807) is 6.20 Å². The summed E-state index contributed by atoms with van der Waals surface area (Å²) in [6.45, 7) is 9.90. The lowest BCUT2D eigenvalue weighted by Crippen LogP contribution is -2.47. The van der Waals surface area contributed by atoms with Crippen molar-refractivity contribution in [2.24, 2.45) is 5.92 Å². The first-order valence-corrected chi connectivity index (χ1v) is 10.4. The maximum Gasteiger partial charge on any atom is 0.254 e. The van der Waals surface area contributed by atoms with Crippen molar-refractivity contribution in [3.05, 3.63) is 53.7 Å². The number of hydrogen-bond acceptors (Lipinski definition) is 4. The highest BCUT2D eigenvalue weighted by Gasteiger charge is 2.23. The number of carbonyl (C=O) groups excluding carboxylic acids is 1. The SMILES string of the molecule is Cc1cccc(N2CCN(c3cc(C(=O)N4CCC(C)CC4)ccn3)CC2)c1. The third-order valence-corrected chi connectivity index (χ3v) is 6.03. The number of rotatable bonds is 3. The molecule has 5 heteroatoms. The molecule has 0 atom stereocenters. The molecule has 1 aromatic carbocycles. The monoisotopic (exact) mass is 378 g/mol. The minimum Gasteiger partial charge on any atom is -0.368 e. The minimum absolute atomic E-state index is 0.147. The van der Waals surface area contributed by atoms with Crippen molar-refractivity contribution in [1.82, 2.24) is 9.88 Å².